The van der Waals surface area contributed by atoms with E-state index in [-0.39, 0.29) is 49.5 Å². The van der Waals surface area contributed by atoms with Gasteiger partial charge in [0.05, 0.1) is 6.42 Å². The first-order valence-electron chi connectivity index (χ1n) is 12.5. The van der Waals surface area contributed by atoms with Gasteiger partial charge in [0.1, 0.15) is 6.04 Å². The number of carbonyl (C=O) groups is 3. The van der Waals surface area contributed by atoms with Crippen molar-refractivity contribution in [1.29, 1.82) is 0 Å². The lowest BCUT2D eigenvalue weighted by Gasteiger charge is -2.40. The Labute approximate surface area is 214 Å². The molecule has 7 nitrogen and oxygen atoms in total. The molecule has 3 amide bonds. The van der Waals surface area contributed by atoms with Crippen molar-refractivity contribution in [3.63, 3.8) is 0 Å². The second-order valence-electron chi connectivity index (χ2n) is 9.74. The van der Waals surface area contributed by atoms with E-state index in [1.165, 1.54) is 10.0 Å². The topological polar surface area (TPSA) is 89.9 Å². The van der Waals surface area contributed by atoms with Crippen molar-refractivity contribution < 1.29 is 19.6 Å². The third-order valence-corrected chi connectivity index (χ3v) is 5.65. The van der Waals surface area contributed by atoms with E-state index in [0.29, 0.717) is 6.42 Å². The predicted molar refractivity (Wildman–Crippen MR) is 141 cm³/mol. The van der Waals surface area contributed by atoms with Gasteiger partial charge in [0.15, 0.2) is 0 Å². The highest BCUT2D eigenvalue weighted by molar-refractivity contribution is 5.89. The molecule has 0 bridgehead atoms. The molecule has 0 fully saturated rings. The van der Waals surface area contributed by atoms with Gasteiger partial charge in [0.25, 0.3) is 5.91 Å². The van der Waals surface area contributed by atoms with Crippen LogP contribution in [0.5, 0.6) is 0 Å². The van der Waals surface area contributed by atoms with Gasteiger partial charge in [-0.25, -0.2) is 10.5 Å². The first kappa shape index (κ1) is 28.8. The Kier molecular flexibility index (Phi) is 11.9. The highest BCUT2D eigenvalue weighted by Crippen LogP contribution is 2.19. The molecule has 0 aliphatic heterocycles. The number of hydrogen-bond donors (Lipinski definition) is 2. The molecule has 0 aliphatic rings. The highest BCUT2D eigenvalue weighted by Gasteiger charge is 2.36. The van der Waals surface area contributed by atoms with Crippen molar-refractivity contribution in [2.75, 3.05) is 6.54 Å². The zero-order valence-corrected chi connectivity index (χ0v) is 21.8. The van der Waals surface area contributed by atoms with Crippen LogP contribution in [-0.4, -0.2) is 45.5 Å². The van der Waals surface area contributed by atoms with Gasteiger partial charge < -0.3 is 0 Å². The number of carbonyl (C=O) groups excluding carboxylic acids is 3. The van der Waals surface area contributed by atoms with Crippen LogP contribution in [0.2, 0.25) is 0 Å². The molecular weight excluding hydrogens is 454 g/mol. The van der Waals surface area contributed by atoms with E-state index in [4.69, 9.17) is 0 Å². The summed E-state index contributed by atoms with van der Waals surface area (Å²) in [7, 11) is 0. The summed E-state index contributed by atoms with van der Waals surface area (Å²) >= 11 is 0. The lowest BCUT2D eigenvalue weighted by atomic mass is 10.1. The molecule has 0 saturated carbocycles. The Hall–Kier alpha value is -3.45. The maximum Gasteiger partial charge on any atom is 0.268 e. The summed E-state index contributed by atoms with van der Waals surface area (Å²) in [6.07, 6.45) is 4.66. The maximum atomic E-state index is 13.6. The summed E-state index contributed by atoms with van der Waals surface area (Å²) in [5, 5.41) is 12.2. The van der Waals surface area contributed by atoms with Gasteiger partial charge >= 0.3 is 0 Å². The number of hydroxylamine groups is 1. The average Bonchev–Trinajstić information content (AvgIpc) is 2.86. The zero-order chi connectivity index (χ0) is 26.5. The fourth-order valence-corrected chi connectivity index (χ4v) is 3.81. The van der Waals surface area contributed by atoms with Crippen molar-refractivity contribution in [3.05, 3.63) is 77.9 Å². The number of hydrogen-bond acceptors (Lipinski definition) is 4. The first-order valence-corrected chi connectivity index (χ1v) is 12.5. The van der Waals surface area contributed by atoms with E-state index in [0.717, 1.165) is 11.1 Å². The van der Waals surface area contributed by atoms with Crippen molar-refractivity contribution in [1.82, 2.24) is 15.5 Å². The molecule has 2 aromatic carbocycles. The van der Waals surface area contributed by atoms with Crippen LogP contribution >= 0.6 is 0 Å². The van der Waals surface area contributed by atoms with Gasteiger partial charge in [0, 0.05) is 13.0 Å². The Morgan fingerprint density at radius 1 is 0.889 bits per heavy atom. The summed E-state index contributed by atoms with van der Waals surface area (Å²) < 4.78 is 0. The minimum atomic E-state index is -1.09. The summed E-state index contributed by atoms with van der Waals surface area (Å²) in [5.41, 5.74) is 3.47. The number of nitrogens with one attached hydrogen (secondary N) is 1. The molecule has 0 aliphatic carbocycles. The third-order valence-electron chi connectivity index (χ3n) is 5.65. The number of benzene rings is 2. The van der Waals surface area contributed by atoms with Gasteiger partial charge in [-0.05, 0) is 35.8 Å². The van der Waals surface area contributed by atoms with Crippen LogP contribution in [0, 0.1) is 11.8 Å². The fourth-order valence-electron chi connectivity index (χ4n) is 3.81. The Balaban J connectivity index is 2.44. The molecule has 0 radical (unpaired) electrons. The summed E-state index contributed by atoms with van der Waals surface area (Å²) in [5.74, 6) is -1.03. The SMILES string of the molecule is CC(C)CCC(=O)N([C@@H](CC=Cc1ccccc1)C(=O)NO)N(CC(C)C)C(=O)Cc1ccccc1. The van der Waals surface area contributed by atoms with Crippen molar-refractivity contribution in [2.45, 2.75) is 59.4 Å². The van der Waals surface area contributed by atoms with Crippen molar-refractivity contribution >= 4 is 23.8 Å². The van der Waals surface area contributed by atoms with Gasteiger partial charge in [-0.2, -0.15) is 0 Å². The van der Waals surface area contributed by atoms with E-state index < -0.39 is 11.9 Å². The highest BCUT2D eigenvalue weighted by atomic mass is 16.5. The molecule has 0 spiro atoms. The number of nitrogens with zero attached hydrogens (tertiary/aromatic N) is 2. The van der Waals surface area contributed by atoms with E-state index in [9.17, 15) is 19.6 Å². The number of amides is 3. The molecule has 2 rings (SSSR count). The van der Waals surface area contributed by atoms with Gasteiger partial charge in [-0.15, -0.1) is 0 Å². The second-order valence-corrected chi connectivity index (χ2v) is 9.74. The van der Waals surface area contributed by atoms with Crippen LogP contribution in [0.25, 0.3) is 6.08 Å². The Morgan fingerprint density at radius 2 is 1.50 bits per heavy atom. The van der Waals surface area contributed by atoms with Crippen LogP contribution in [0.1, 0.15) is 58.1 Å². The lowest BCUT2D eigenvalue weighted by Crippen LogP contribution is -2.59. The molecule has 36 heavy (non-hydrogen) atoms. The molecule has 0 heterocycles. The molecule has 0 aromatic heterocycles. The molecule has 2 N–H and O–H groups in total. The van der Waals surface area contributed by atoms with E-state index >= 15 is 0 Å². The second kappa shape index (κ2) is 14.8. The summed E-state index contributed by atoms with van der Waals surface area (Å²) in [4.78, 5) is 40.0. The standard InChI is InChI=1S/C29H39N3O4/c1-22(2)18-19-27(33)32(26(29(35)30-36)17-11-16-24-12-7-5-8-13-24)31(21-23(3)4)28(34)20-25-14-9-6-10-15-25/h5-16,22-23,26,36H,17-21H2,1-4H3,(H,30,35)/t26-/m0/s1. The smallest absolute Gasteiger partial charge is 0.268 e. The zero-order valence-electron chi connectivity index (χ0n) is 21.8. The normalized spacial score (nSPS) is 12.1. The number of rotatable bonds is 12. The van der Waals surface area contributed by atoms with Crippen LogP contribution in [-0.2, 0) is 20.8 Å². The maximum absolute atomic E-state index is 13.6. The summed E-state index contributed by atoms with van der Waals surface area (Å²) in [6.45, 7) is 8.21. The van der Waals surface area contributed by atoms with Crippen LogP contribution in [0.15, 0.2) is 66.7 Å². The molecule has 1 atom stereocenters. The van der Waals surface area contributed by atoms with Gasteiger partial charge in [-0.3, -0.25) is 24.6 Å². The van der Waals surface area contributed by atoms with Crippen molar-refractivity contribution in [2.24, 2.45) is 11.8 Å². The Morgan fingerprint density at radius 3 is 2.06 bits per heavy atom. The summed E-state index contributed by atoms with van der Waals surface area (Å²) in [6, 6.07) is 17.8. The fraction of sp³-hybridized carbons (Fsp3) is 0.414. The largest absolute Gasteiger partial charge is 0.289 e. The van der Waals surface area contributed by atoms with Crippen LogP contribution in [0.3, 0.4) is 0 Å². The van der Waals surface area contributed by atoms with Gasteiger partial charge in [-0.1, -0.05) is 101 Å². The first-order chi connectivity index (χ1) is 17.2. The predicted octanol–water partition coefficient (Wildman–Crippen LogP) is 4.87. The van der Waals surface area contributed by atoms with Crippen LogP contribution < -0.4 is 5.48 Å². The molecule has 0 saturated heterocycles. The molecular formula is C29H39N3O4. The minimum absolute atomic E-state index is 0.0443. The number of hydrazine groups is 1. The monoisotopic (exact) mass is 493 g/mol. The van der Waals surface area contributed by atoms with Gasteiger partial charge in [0.2, 0.25) is 11.8 Å². The Bertz CT molecular complexity index is 990. The van der Waals surface area contributed by atoms with E-state index in [1.807, 2.05) is 94.4 Å². The lowest BCUT2D eigenvalue weighted by molar-refractivity contribution is -0.175. The van der Waals surface area contributed by atoms with E-state index in [2.05, 4.69) is 0 Å². The van der Waals surface area contributed by atoms with Crippen molar-refractivity contribution in [3.8, 4) is 0 Å². The average molecular weight is 494 g/mol. The minimum Gasteiger partial charge on any atom is -0.289 e. The molecule has 7 heteroatoms. The van der Waals surface area contributed by atoms with Crippen LogP contribution in [0.4, 0.5) is 0 Å². The third kappa shape index (κ3) is 9.30. The molecule has 194 valence electrons. The molecule has 0 unspecified atom stereocenters. The molecule has 2 aromatic rings. The quantitative estimate of drug-likeness (QED) is 0.326. The van der Waals surface area contributed by atoms with E-state index in [1.54, 1.807) is 11.6 Å².